The average molecular weight is 244 g/mol. The first-order valence-electron chi connectivity index (χ1n) is 5.82. The minimum atomic E-state index is -0.245. The number of hydrogen-bond acceptors (Lipinski definition) is 3. The Morgan fingerprint density at radius 3 is 2.89 bits per heavy atom. The van der Waals surface area contributed by atoms with E-state index in [-0.39, 0.29) is 11.7 Å². The number of aromatic amines is 1. The van der Waals surface area contributed by atoms with Gasteiger partial charge in [-0.3, -0.25) is 9.89 Å². The summed E-state index contributed by atoms with van der Waals surface area (Å²) in [5.74, 6) is 0.0318. The zero-order valence-corrected chi connectivity index (χ0v) is 10.4. The molecule has 0 bridgehead atoms. The summed E-state index contributed by atoms with van der Waals surface area (Å²) < 4.78 is 0. The summed E-state index contributed by atoms with van der Waals surface area (Å²) in [4.78, 5) is 12.1. The molecule has 5 heteroatoms. The first kappa shape index (κ1) is 12.2. The van der Waals surface area contributed by atoms with E-state index in [1.54, 1.807) is 0 Å². The number of carbonyl (C=O) groups is 1. The van der Waals surface area contributed by atoms with Gasteiger partial charge in [0.25, 0.3) is 5.91 Å². The number of aromatic nitrogens is 2. The molecule has 1 amide bonds. The highest BCUT2D eigenvalue weighted by atomic mass is 16.1. The Hall–Kier alpha value is -2.30. The number of anilines is 2. The Balaban J connectivity index is 2.30. The molecule has 0 aliphatic rings. The molecule has 0 unspecified atom stereocenters. The molecule has 0 aliphatic carbocycles. The number of aryl methyl sites for hydroxylation is 2. The third-order valence-electron chi connectivity index (χ3n) is 2.89. The number of nitrogens with two attached hydrogens (primary N) is 1. The standard InChI is InChI=1S/C13H16N4O/c1-3-9-6-4-5-8(2)11(9)16-13(18)10-7-15-17-12(10)14/h4-7H,3H2,1-2H3,(H,16,18)(H3,14,15,17). The SMILES string of the molecule is CCc1cccc(C)c1NC(=O)c1cn[nH]c1N. The molecule has 0 radical (unpaired) electrons. The van der Waals surface area contributed by atoms with E-state index < -0.39 is 0 Å². The molecule has 0 fully saturated rings. The van der Waals surface area contributed by atoms with Gasteiger partial charge in [0.1, 0.15) is 11.4 Å². The molecule has 0 saturated heterocycles. The lowest BCUT2D eigenvalue weighted by molar-refractivity contribution is 0.102. The first-order valence-corrected chi connectivity index (χ1v) is 5.82. The van der Waals surface area contributed by atoms with Gasteiger partial charge in [-0.1, -0.05) is 25.1 Å². The van der Waals surface area contributed by atoms with Gasteiger partial charge in [0, 0.05) is 5.69 Å². The summed E-state index contributed by atoms with van der Waals surface area (Å²) in [5.41, 5.74) is 8.97. The van der Waals surface area contributed by atoms with Crippen LogP contribution in [0.2, 0.25) is 0 Å². The highest BCUT2D eigenvalue weighted by molar-refractivity contribution is 6.07. The van der Waals surface area contributed by atoms with Crippen LogP contribution in [0.4, 0.5) is 11.5 Å². The summed E-state index contributed by atoms with van der Waals surface area (Å²) in [5, 5.41) is 9.18. The minimum absolute atomic E-state index is 0.245. The van der Waals surface area contributed by atoms with Gasteiger partial charge in [-0.05, 0) is 24.5 Å². The summed E-state index contributed by atoms with van der Waals surface area (Å²) in [6, 6.07) is 5.95. The van der Waals surface area contributed by atoms with E-state index in [0.29, 0.717) is 5.56 Å². The van der Waals surface area contributed by atoms with Gasteiger partial charge in [-0.15, -0.1) is 0 Å². The molecule has 94 valence electrons. The van der Waals surface area contributed by atoms with Crippen molar-refractivity contribution in [3.05, 3.63) is 41.1 Å². The highest BCUT2D eigenvalue weighted by Gasteiger charge is 2.14. The fourth-order valence-corrected chi connectivity index (χ4v) is 1.86. The number of nitrogens with one attached hydrogen (secondary N) is 2. The van der Waals surface area contributed by atoms with Crippen LogP contribution >= 0.6 is 0 Å². The van der Waals surface area contributed by atoms with E-state index in [1.807, 2.05) is 25.1 Å². The summed E-state index contributed by atoms with van der Waals surface area (Å²) in [6.07, 6.45) is 2.28. The monoisotopic (exact) mass is 244 g/mol. The fraction of sp³-hybridized carbons (Fsp3) is 0.231. The molecule has 1 aromatic carbocycles. The number of hydrogen-bond donors (Lipinski definition) is 3. The fourth-order valence-electron chi connectivity index (χ4n) is 1.86. The van der Waals surface area contributed by atoms with Gasteiger partial charge in [0.15, 0.2) is 0 Å². The second kappa shape index (κ2) is 4.91. The molecule has 2 aromatic rings. The Morgan fingerprint density at radius 1 is 1.50 bits per heavy atom. The predicted molar refractivity (Wildman–Crippen MR) is 71.5 cm³/mol. The maximum Gasteiger partial charge on any atom is 0.261 e. The van der Waals surface area contributed by atoms with E-state index in [4.69, 9.17) is 5.73 Å². The molecule has 5 nitrogen and oxygen atoms in total. The molecule has 18 heavy (non-hydrogen) atoms. The topological polar surface area (TPSA) is 83.8 Å². The molecule has 4 N–H and O–H groups in total. The molecule has 0 spiro atoms. The molecular formula is C13H16N4O. The molecule has 1 aromatic heterocycles. The van der Waals surface area contributed by atoms with Crippen molar-refractivity contribution in [2.24, 2.45) is 0 Å². The van der Waals surface area contributed by atoms with Gasteiger partial charge >= 0.3 is 0 Å². The molecular weight excluding hydrogens is 228 g/mol. The summed E-state index contributed by atoms with van der Waals surface area (Å²) >= 11 is 0. The lowest BCUT2D eigenvalue weighted by atomic mass is 10.1. The van der Waals surface area contributed by atoms with Gasteiger partial charge < -0.3 is 11.1 Å². The first-order chi connectivity index (χ1) is 8.63. The van der Waals surface area contributed by atoms with Crippen molar-refractivity contribution >= 4 is 17.4 Å². The number of benzene rings is 1. The Kier molecular flexibility index (Phi) is 3.32. The third kappa shape index (κ3) is 2.20. The van der Waals surface area contributed by atoms with Gasteiger partial charge in [0.2, 0.25) is 0 Å². The van der Waals surface area contributed by atoms with Crippen LogP contribution < -0.4 is 11.1 Å². The number of nitrogen functional groups attached to an aromatic ring is 1. The Morgan fingerprint density at radius 2 is 2.28 bits per heavy atom. The zero-order valence-electron chi connectivity index (χ0n) is 10.4. The molecule has 0 atom stereocenters. The lowest BCUT2D eigenvalue weighted by Gasteiger charge is -2.12. The van der Waals surface area contributed by atoms with Gasteiger partial charge in [0.05, 0.1) is 6.20 Å². The van der Waals surface area contributed by atoms with E-state index in [1.165, 1.54) is 6.20 Å². The third-order valence-corrected chi connectivity index (χ3v) is 2.89. The number of rotatable bonds is 3. The zero-order chi connectivity index (χ0) is 13.1. The van der Waals surface area contributed by atoms with Gasteiger partial charge in [-0.25, -0.2) is 0 Å². The number of carbonyl (C=O) groups excluding carboxylic acids is 1. The van der Waals surface area contributed by atoms with Crippen LogP contribution in [0, 0.1) is 6.92 Å². The maximum atomic E-state index is 12.1. The van der Waals surface area contributed by atoms with Crippen molar-refractivity contribution in [2.45, 2.75) is 20.3 Å². The van der Waals surface area contributed by atoms with Crippen molar-refractivity contribution in [2.75, 3.05) is 11.1 Å². The van der Waals surface area contributed by atoms with E-state index in [0.717, 1.165) is 23.2 Å². The Labute approximate surface area is 105 Å². The smallest absolute Gasteiger partial charge is 0.261 e. The summed E-state index contributed by atoms with van der Waals surface area (Å²) in [6.45, 7) is 4.02. The highest BCUT2D eigenvalue weighted by Crippen LogP contribution is 2.22. The van der Waals surface area contributed by atoms with Crippen LogP contribution in [0.5, 0.6) is 0 Å². The quantitative estimate of drug-likeness (QED) is 0.773. The van der Waals surface area contributed by atoms with Crippen LogP contribution in [0.15, 0.2) is 24.4 Å². The average Bonchev–Trinajstić information content (AvgIpc) is 2.78. The predicted octanol–water partition coefficient (Wildman–Crippen LogP) is 2.12. The van der Waals surface area contributed by atoms with Crippen molar-refractivity contribution in [3.8, 4) is 0 Å². The van der Waals surface area contributed by atoms with Gasteiger partial charge in [-0.2, -0.15) is 5.10 Å². The molecule has 0 saturated carbocycles. The van der Waals surface area contributed by atoms with E-state index in [2.05, 4.69) is 22.4 Å². The number of amides is 1. The molecule has 2 rings (SSSR count). The number of nitrogens with zero attached hydrogens (tertiary/aromatic N) is 1. The summed E-state index contributed by atoms with van der Waals surface area (Å²) in [7, 11) is 0. The van der Waals surface area contributed by atoms with Crippen molar-refractivity contribution < 1.29 is 4.79 Å². The van der Waals surface area contributed by atoms with E-state index in [9.17, 15) is 4.79 Å². The lowest BCUT2D eigenvalue weighted by Crippen LogP contribution is -2.15. The molecule has 1 heterocycles. The van der Waals surface area contributed by atoms with Crippen molar-refractivity contribution in [1.82, 2.24) is 10.2 Å². The van der Waals surface area contributed by atoms with E-state index >= 15 is 0 Å². The Bertz CT molecular complexity index is 574. The van der Waals surface area contributed by atoms with Crippen molar-refractivity contribution in [3.63, 3.8) is 0 Å². The second-order valence-corrected chi connectivity index (χ2v) is 4.11. The normalized spacial score (nSPS) is 10.3. The van der Waals surface area contributed by atoms with Crippen LogP contribution in [-0.4, -0.2) is 16.1 Å². The largest absolute Gasteiger partial charge is 0.383 e. The molecule has 0 aliphatic heterocycles. The van der Waals surface area contributed by atoms with Crippen LogP contribution in [-0.2, 0) is 6.42 Å². The second-order valence-electron chi connectivity index (χ2n) is 4.11. The van der Waals surface area contributed by atoms with Crippen LogP contribution in [0.25, 0.3) is 0 Å². The van der Waals surface area contributed by atoms with Crippen LogP contribution in [0.3, 0.4) is 0 Å². The van der Waals surface area contributed by atoms with Crippen molar-refractivity contribution in [1.29, 1.82) is 0 Å². The number of para-hydroxylation sites is 1. The van der Waals surface area contributed by atoms with Crippen LogP contribution in [0.1, 0.15) is 28.4 Å². The maximum absolute atomic E-state index is 12.1. The minimum Gasteiger partial charge on any atom is -0.383 e. The number of H-pyrrole nitrogens is 1.